The van der Waals surface area contributed by atoms with Crippen molar-refractivity contribution in [2.75, 3.05) is 5.32 Å². The van der Waals surface area contributed by atoms with Gasteiger partial charge in [0.05, 0.1) is 22.5 Å². The lowest BCUT2D eigenvalue weighted by atomic mass is 10.1. The van der Waals surface area contributed by atoms with Crippen LogP contribution in [0.5, 0.6) is 0 Å². The van der Waals surface area contributed by atoms with E-state index in [0.29, 0.717) is 0 Å². The average Bonchev–Trinajstić information content (AvgIpc) is 2.40. The van der Waals surface area contributed by atoms with E-state index in [2.05, 4.69) is 5.32 Å². The first kappa shape index (κ1) is 13.9. The molecule has 0 aliphatic carbocycles. The van der Waals surface area contributed by atoms with Crippen molar-refractivity contribution < 1.29 is 17.6 Å². The van der Waals surface area contributed by atoms with Crippen molar-refractivity contribution in [3.05, 3.63) is 59.4 Å². The fraction of sp³-hybridized carbons (Fsp3) is 0.0714. The molecule has 0 spiro atoms. The van der Waals surface area contributed by atoms with Gasteiger partial charge in [-0.15, -0.1) is 0 Å². The molecule has 102 valence electrons. The first-order valence-electron chi connectivity index (χ1n) is 5.54. The number of hydrogen-bond acceptors (Lipinski definition) is 2. The van der Waals surface area contributed by atoms with Gasteiger partial charge in [-0.05, 0) is 30.3 Å². The molecule has 0 unspecified atom stereocenters. The Balaban J connectivity index is 2.44. The molecule has 1 N–H and O–H groups in total. The summed E-state index contributed by atoms with van der Waals surface area (Å²) in [4.78, 5) is 0. The third kappa shape index (κ3) is 2.88. The minimum absolute atomic E-state index is 0.0676. The van der Waals surface area contributed by atoms with Gasteiger partial charge in [-0.2, -0.15) is 18.4 Å². The Morgan fingerprint density at radius 2 is 1.70 bits per heavy atom. The summed E-state index contributed by atoms with van der Waals surface area (Å²) in [5, 5.41) is 11.4. The van der Waals surface area contributed by atoms with Crippen molar-refractivity contribution in [3.63, 3.8) is 0 Å². The Morgan fingerprint density at radius 3 is 2.35 bits per heavy atom. The summed E-state index contributed by atoms with van der Waals surface area (Å²) in [6.45, 7) is 0. The first-order chi connectivity index (χ1) is 9.41. The van der Waals surface area contributed by atoms with E-state index < -0.39 is 17.6 Å². The molecule has 2 nitrogen and oxygen atoms in total. The maximum Gasteiger partial charge on any atom is 0.418 e. The molecule has 0 saturated heterocycles. The van der Waals surface area contributed by atoms with Crippen LogP contribution in [-0.4, -0.2) is 0 Å². The Kier molecular flexibility index (Phi) is 3.61. The quantitative estimate of drug-likeness (QED) is 0.824. The molecule has 20 heavy (non-hydrogen) atoms. The Morgan fingerprint density at radius 1 is 1.00 bits per heavy atom. The van der Waals surface area contributed by atoms with Gasteiger partial charge >= 0.3 is 6.18 Å². The zero-order chi connectivity index (χ0) is 14.8. The van der Waals surface area contributed by atoms with Crippen molar-refractivity contribution in [1.29, 1.82) is 5.26 Å². The van der Waals surface area contributed by atoms with Crippen LogP contribution >= 0.6 is 0 Å². The Hall–Kier alpha value is -2.55. The van der Waals surface area contributed by atoms with Crippen LogP contribution in [0.4, 0.5) is 28.9 Å². The van der Waals surface area contributed by atoms with Crippen molar-refractivity contribution in [2.45, 2.75) is 6.18 Å². The highest BCUT2D eigenvalue weighted by Gasteiger charge is 2.33. The molecule has 0 atom stereocenters. The minimum Gasteiger partial charge on any atom is -0.354 e. The summed E-state index contributed by atoms with van der Waals surface area (Å²) in [5.41, 5.74) is -0.996. The summed E-state index contributed by atoms with van der Waals surface area (Å²) in [7, 11) is 0. The number of nitriles is 1. The molecule has 0 radical (unpaired) electrons. The van der Waals surface area contributed by atoms with Crippen LogP contribution in [0, 0.1) is 17.1 Å². The Bertz CT molecular complexity index is 672. The van der Waals surface area contributed by atoms with Crippen molar-refractivity contribution in [1.82, 2.24) is 0 Å². The molecule has 0 fully saturated rings. The van der Waals surface area contributed by atoms with E-state index in [1.165, 1.54) is 24.3 Å². The van der Waals surface area contributed by atoms with Crippen LogP contribution in [0.1, 0.15) is 11.1 Å². The molecular weight excluding hydrogens is 272 g/mol. The lowest BCUT2D eigenvalue weighted by Gasteiger charge is -2.15. The molecule has 0 saturated carbocycles. The third-order valence-corrected chi connectivity index (χ3v) is 2.60. The Labute approximate surface area is 112 Å². The molecule has 0 bridgehead atoms. The number of benzene rings is 2. The lowest BCUT2D eigenvalue weighted by molar-refractivity contribution is -0.136. The summed E-state index contributed by atoms with van der Waals surface area (Å²) in [5.74, 6) is -0.629. The van der Waals surface area contributed by atoms with Crippen LogP contribution in [0.15, 0.2) is 42.5 Å². The van der Waals surface area contributed by atoms with E-state index in [4.69, 9.17) is 5.26 Å². The summed E-state index contributed by atoms with van der Waals surface area (Å²) in [6, 6.07) is 9.86. The molecule has 0 aliphatic rings. The molecule has 0 aromatic heterocycles. The number of anilines is 2. The second-order valence-electron chi connectivity index (χ2n) is 3.97. The van der Waals surface area contributed by atoms with Crippen LogP contribution in [0.3, 0.4) is 0 Å². The average molecular weight is 280 g/mol. The van der Waals surface area contributed by atoms with Gasteiger partial charge in [-0.3, -0.25) is 0 Å². The van der Waals surface area contributed by atoms with Crippen molar-refractivity contribution in [2.24, 2.45) is 0 Å². The minimum atomic E-state index is -4.52. The summed E-state index contributed by atoms with van der Waals surface area (Å²) >= 11 is 0. The second kappa shape index (κ2) is 5.21. The highest BCUT2D eigenvalue weighted by atomic mass is 19.4. The smallest absolute Gasteiger partial charge is 0.354 e. The van der Waals surface area contributed by atoms with Crippen LogP contribution in [0.2, 0.25) is 0 Å². The standard InChI is InChI=1S/C14H8F4N2/c15-10-5-6-12(9(7-10)8-19)20-13-4-2-1-3-11(13)14(16,17)18/h1-7,20H. The summed E-state index contributed by atoms with van der Waals surface area (Å²) < 4.78 is 51.5. The van der Waals surface area contributed by atoms with E-state index in [1.807, 2.05) is 0 Å². The van der Waals surface area contributed by atoms with Crippen LogP contribution in [0.25, 0.3) is 0 Å². The van der Waals surface area contributed by atoms with Gasteiger partial charge in [0.15, 0.2) is 0 Å². The first-order valence-corrected chi connectivity index (χ1v) is 5.54. The SMILES string of the molecule is N#Cc1cc(F)ccc1Nc1ccccc1C(F)(F)F. The number of nitrogens with one attached hydrogen (secondary N) is 1. The molecule has 0 heterocycles. The fourth-order valence-corrected chi connectivity index (χ4v) is 1.70. The largest absolute Gasteiger partial charge is 0.418 e. The lowest BCUT2D eigenvalue weighted by Crippen LogP contribution is -2.09. The van der Waals surface area contributed by atoms with Gasteiger partial charge < -0.3 is 5.32 Å². The van der Waals surface area contributed by atoms with E-state index in [-0.39, 0.29) is 16.9 Å². The number of hydrogen-bond donors (Lipinski definition) is 1. The van der Waals surface area contributed by atoms with Gasteiger partial charge in [-0.25, -0.2) is 4.39 Å². The number of para-hydroxylation sites is 1. The monoisotopic (exact) mass is 280 g/mol. The highest BCUT2D eigenvalue weighted by molar-refractivity contribution is 5.69. The number of alkyl halides is 3. The van der Waals surface area contributed by atoms with Gasteiger partial charge in [0.1, 0.15) is 11.9 Å². The molecule has 0 amide bonds. The maximum atomic E-state index is 13.0. The second-order valence-corrected chi connectivity index (χ2v) is 3.97. The van der Waals surface area contributed by atoms with E-state index >= 15 is 0 Å². The molecule has 2 aromatic rings. The molecule has 0 aliphatic heterocycles. The molecule has 2 rings (SSSR count). The van der Waals surface area contributed by atoms with E-state index in [0.717, 1.165) is 18.2 Å². The zero-order valence-electron chi connectivity index (χ0n) is 10.0. The molecule has 6 heteroatoms. The van der Waals surface area contributed by atoms with Gasteiger partial charge in [0.25, 0.3) is 0 Å². The molecule has 2 aromatic carbocycles. The topological polar surface area (TPSA) is 35.8 Å². The van der Waals surface area contributed by atoms with Crippen molar-refractivity contribution in [3.8, 4) is 6.07 Å². The summed E-state index contributed by atoms with van der Waals surface area (Å²) in [6.07, 6.45) is -4.52. The zero-order valence-corrected chi connectivity index (χ0v) is 10.0. The number of halogens is 4. The van der Waals surface area contributed by atoms with Gasteiger partial charge in [-0.1, -0.05) is 12.1 Å². The predicted molar refractivity (Wildman–Crippen MR) is 65.8 cm³/mol. The van der Waals surface area contributed by atoms with E-state index in [9.17, 15) is 17.6 Å². The maximum absolute atomic E-state index is 13.0. The van der Waals surface area contributed by atoms with E-state index in [1.54, 1.807) is 6.07 Å². The van der Waals surface area contributed by atoms with Crippen molar-refractivity contribution >= 4 is 11.4 Å². The highest BCUT2D eigenvalue weighted by Crippen LogP contribution is 2.36. The molecular formula is C14H8F4N2. The third-order valence-electron chi connectivity index (χ3n) is 2.60. The van der Waals surface area contributed by atoms with Crippen LogP contribution in [-0.2, 0) is 6.18 Å². The normalized spacial score (nSPS) is 10.9. The fourth-order valence-electron chi connectivity index (χ4n) is 1.70. The number of rotatable bonds is 2. The van der Waals surface area contributed by atoms with Gasteiger partial charge in [0, 0.05) is 0 Å². The van der Waals surface area contributed by atoms with Crippen LogP contribution < -0.4 is 5.32 Å². The predicted octanol–water partition coefficient (Wildman–Crippen LogP) is 4.46. The number of nitrogens with zero attached hydrogens (tertiary/aromatic N) is 1. The van der Waals surface area contributed by atoms with Gasteiger partial charge in [0.2, 0.25) is 0 Å².